The van der Waals surface area contributed by atoms with E-state index in [1.165, 1.54) is 26.8 Å². The smallest absolute Gasteiger partial charge is 0.0342 e. The number of fused-ring (bicyclic) bond motifs is 2. The summed E-state index contributed by atoms with van der Waals surface area (Å²) in [6.45, 7) is 2.03. The van der Waals surface area contributed by atoms with Gasteiger partial charge in [0, 0.05) is 23.7 Å². The first kappa shape index (κ1) is 11.2. The van der Waals surface area contributed by atoms with Gasteiger partial charge in [0.1, 0.15) is 0 Å². The van der Waals surface area contributed by atoms with Gasteiger partial charge in [0.05, 0.1) is 0 Å². The molecule has 0 unspecified atom stereocenters. The van der Waals surface area contributed by atoms with Crippen molar-refractivity contribution in [1.29, 1.82) is 0 Å². The van der Waals surface area contributed by atoms with E-state index >= 15 is 0 Å². The molecule has 0 saturated carbocycles. The number of benzene rings is 2. The lowest BCUT2D eigenvalue weighted by Gasteiger charge is -2.26. The van der Waals surface area contributed by atoms with Crippen molar-refractivity contribution in [3.8, 4) is 0 Å². The van der Waals surface area contributed by atoms with Gasteiger partial charge in [-0.05, 0) is 45.7 Å². The first-order valence-corrected chi connectivity index (χ1v) is 7.55. The Labute approximate surface area is 116 Å². The van der Waals surface area contributed by atoms with Gasteiger partial charge in [0.15, 0.2) is 0 Å². The fourth-order valence-electron chi connectivity index (χ4n) is 3.00. The molecule has 2 heteroatoms. The summed E-state index contributed by atoms with van der Waals surface area (Å²) in [5, 5.41) is 7.07. The summed E-state index contributed by atoms with van der Waals surface area (Å²) in [5.41, 5.74) is 4.34. The highest BCUT2D eigenvalue weighted by Gasteiger charge is 2.21. The van der Waals surface area contributed by atoms with Crippen molar-refractivity contribution in [2.45, 2.75) is 12.5 Å². The first-order chi connectivity index (χ1) is 9.42. The average Bonchev–Trinajstić information content (AvgIpc) is 2.94. The van der Waals surface area contributed by atoms with Crippen LogP contribution < -0.4 is 5.32 Å². The molecule has 1 atom stereocenters. The van der Waals surface area contributed by atoms with Crippen LogP contribution in [0.25, 0.3) is 10.1 Å². The molecule has 19 heavy (non-hydrogen) atoms. The summed E-state index contributed by atoms with van der Waals surface area (Å²) in [7, 11) is 0. The normalized spacial score (nSPS) is 18.4. The predicted molar refractivity (Wildman–Crippen MR) is 81.8 cm³/mol. The van der Waals surface area contributed by atoms with Crippen LogP contribution in [0.1, 0.15) is 22.6 Å². The van der Waals surface area contributed by atoms with Gasteiger partial charge in [-0.25, -0.2) is 0 Å². The van der Waals surface area contributed by atoms with Crippen molar-refractivity contribution >= 4 is 21.4 Å². The van der Waals surface area contributed by atoms with Gasteiger partial charge in [-0.1, -0.05) is 30.3 Å². The lowest BCUT2D eigenvalue weighted by Crippen LogP contribution is -2.28. The standard InChI is InChI=1S/C17H15NS/c1-2-4-15-14(3-1)10-18-11-16(15)12-5-6-17-13(9-12)7-8-19-17/h1-9,16,18H,10-11H2/t16-/m1/s1. The topological polar surface area (TPSA) is 12.0 Å². The van der Waals surface area contributed by atoms with E-state index in [0.29, 0.717) is 5.92 Å². The third-order valence-electron chi connectivity index (χ3n) is 3.97. The molecule has 0 spiro atoms. The van der Waals surface area contributed by atoms with E-state index in [4.69, 9.17) is 0 Å². The van der Waals surface area contributed by atoms with Crippen LogP contribution in [0.3, 0.4) is 0 Å². The van der Waals surface area contributed by atoms with E-state index in [0.717, 1.165) is 13.1 Å². The van der Waals surface area contributed by atoms with Gasteiger partial charge in [0.2, 0.25) is 0 Å². The van der Waals surface area contributed by atoms with Gasteiger partial charge in [0.25, 0.3) is 0 Å². The second-order valence-electron chi connectivity index (χ2n) is 5.10. The molecule has 0 aliphatic carbocycles. The van der Waals surface area contributed by atoms with E-state index in [1.807, 2.05) is 11.3 Å². The van der Waals surface area contributed by atoms with Gasteiger partial charge in [-0.2, -0.15) is 0 Å². The third-order valence-corrected chi connectivity index (χ3v) is 4.87. The van der Waals surface area contributed by atoms with Crippen LogP contribution in [0.2, 0.25) is 0 Å². The fraction of sp³-hybridized carbons (Fsp3) is 0.176. The lowest BCUT2D eigenvalue weighted by atomic mass is 9.85. The summed E-state index contributed by atoms with van der Waals surface area (Å²) in [5.74, 6) is 0.481. The maximum absolute atomic E-state index is 3.53. The van der Waals surface area contributed by atoms with Gasteiger partial charge in [-0.15, -0.1) is 11.3 Å². The monoisotopic (exact) mass is 265 g/mol. The van der Waals surface area contributed by atoms with Crippen LogP contribution in [0.4, 0.5) is 0 Å². The molecular weight excluding hydrogens is 250 g/mol. The van der Waals surface area contributed by atoms with Crippen molar-refractivity contribution in [1.82, 2.24) is 5.32 Å². The van der Waals surface area contributed by atoms with E-state index in [2.05, 4.69) is 59.2 Å². The van der Waals surface area contributed by atoms with Crippen LogP contribution in [0, 0.1) is 0 Å². The van der Waals surface area contributed by atoms with Gasteiger partial charge < -0.3 is 5.32 Å². The second-order valence-corrected chi connectivity index (χ2v) is 6.05. The van der Waals surface area contributed by atoms with E-state index in [9.17, 15) is 0 Å². The number of hydrogen-bond acceptors (Lipinski definition) is 2. The Morgan fingerprint density at radius 3 is 3.00 bits per heavy atom. The largest absolute Gasteiger partial charge is 0.312 e. The molecule has 0 radical (unpaired) electrons. The number of rotatable bonds is 1. The van der Waals surface area contributed by atoms with Crippen molar-refractivity contribution in [2.24, 2.45) is 0 Å². The highest BCUT2D eigenvalue weighted by molar-refractivity contribution is 7.17. The highest BCUT2D eigenvalue weighted by Crippen LogP contribution is 2.32. The molecule has 1 aliphatic rings. The zero-order chi connectivity index (χ0) is 12.7. The number of hydrogen-bond donors (Lipinski definition) is 1. The summed E-state index contributed by atoms with van der Waals surface area (Å²) in [6, 6.07) is 17.9. The maximum atomic E-state index is 3.53. The van der Waals surface area contributed by atoms with E-state index in [-0.39, 0.29) is 0 Å². The summed E-state index contributed by atoms with van der Waals surface area (Å²) in [6.07, 6.45) is 0. The molecule has 2 heterocycles. The predicted octanol–water partition coefficient (Wildman–Crippen LogP) is 4.14. The van der Waals surface area contributed by atoms with Crippen LogP contribution in [0.15, 0.2) is 53.9 Å². The molecule has 0 fully saturated rings. The number of nitrogens with one attached hydrogen (secondary N) is 1. The van der Waals surface area contributed by atoms with Crippen LogP contribution in [-0.4, -0.2) is 6.54 Å². The Hall–Kier alpha value is -1.64. The summed E-state index contributed by atoms with van der Waals surface area (Å²) < 4.78 is 1.38. The first-order valence-electron chi connectivity index (χ1n) is 6.67. The van der Waals surface area contributed by atoms with Crippen LogP contribution in [-0.2, 0) is 6.54 Å². The zero-order valence-electron chi connectivity index (χ0n) is 10.6. The lowest BCUT2D eigenvalue weighted by molar-refractivity contribution is 0.592. The molecule has 0 saturated heterocycles. The fourth-order valence-corrected chi connectivity index (χ4v) is 3.77. The molecule has 1 aliphatic heterocycles. The molecule has 1 aromatic heterocycles. The molecule has 0 amide bonds. The van der Waals surface area contributed by atoms with E-state index < -0.39 is 0 Å². The quantitative estimate of drug-likeness (QED) is 0.697. The van der Waals surface area contributed by atoms with Gasteiger partial charge >= 0.3 is 0 Å². The zero-order valence-corrected chi connectivity index (χ0v) is 11.4. The van der Waals surface area contributed by atoms with Crippen LogP contribution in [0.5, 0.6) is 0 Å². The van der Waals surface area contributed by atoms with Crippen LogP contribution >= 0.6 is 11.3 Å². The Morgan fingerprint density at radius 1 is 1.05 bits per heavy atom. The molecule has 0 bridgehead atoms. The molecule has 94 valence electrons. The van der Waals surface area contributed by atoms with Crippen molar-refractivity contribution in [2.75, 3.05) is 6.54 Å². The Morgan fingerprint density at radius 2 is 2.00 bits per heavy atom. The minimum atomic E-state index is 0.481. The minimum absolute atomic E-state index is 0.481. The molecule has 1 nitrogen and oxygen atoms in total. The molecule has 4 rings (SSSR count). The van der Waals surface area contributed by atoms with Crippen molar-refractivity contribution in [3.05, 3.63) is 70.6 Å². The van der Waals surface area contributed by atoms with Crippen molar-refractivity contribution < 1.29 is 0 Å². The van der Waals surface area contributed by atoms with E-state index in [1.54, 1.807) is 0 Å². The highest BCUT2D eigenvalue weighted by atomic mass is 32.1. The molecule has 3 aromatic rings. The molecule has 1 N–H and O–H groups in total. The SMILES string of the molecule is c1ccc2c(c1)CNC[C@@H]2c1ccc2sccc2c1. The Bertz CT molecular complexity index is 729. The van der Waals surface area contributed by atoms with Crippen molar-refractivity contribution in [3.63, 3.8) is 0 Å². The molecular formula is C17H15NS. The second kappa shape index (κ2) is 4.48. The average molecular weight is 265 g/mol. The summed E-state index contributed by atoms with van der Waals surface area (Å²) in [4.78, 5) is 0. The Kier molecular flexibility index (Phi) is 2.64. The van der Waals surface area contributed by atoms with Gasteiger partial charge in [-0.3, -0.25) is 0 Å². The molecule has 2 aromatic carbocycles. The maximum Gasteiger partial charge on any atom is 0.0342 e. The third kappa shape index (κ3) is 1.88. The minimum Gasteiger partial charge on any atom is -0.312 e. The Balaban J connectivity index is 1.84. The number of thiophene rings is 1. The summed E-state index contributed by atoms with van der Waals surface area (Å²) >= 11 is 1.81.